The molecule has 0 saturated carbocycles. The van der Waals surface area contributed by atoms with E-state index in [0.717, 1.165) is 11.3 Å². The molecule has 0 aliphatic carbocycles. The standard InChI is InChI=1S/C18H23NOS/c1-18(2,3)14-8-9-17(20)13(10-14)12-19-15-6-5-7-16(11-15)21-4/h5-11,19-20H,12H2,1-4H3. The molecule has 0 atom stereocenters. The number of aromatic hydroxyl groups is 1. The molecule has 2 aromatic rings. The van der Waals surface area contributed by atoms with E-state index in [1.54, 1.807) is 17.8 Å². The second kappa shape index (κ2) is 6.44. The van der Waals surface area contributed by atoms with Gasteiger partial charge in [-0.05, 0) is 47.6 Å². The minimum Gasteiger partial charge on any atom is -0.508 e. The monoisotopic (exact) mass is 301 g/mol. The fourth-order valence-corrected chi connectivity index (χ4v) is 2.58. The molecule has 0 spiro atoms. The molecule has 0 aromatic heterocycles. The van der Waals surface area contributed by atoms with Crippen LogP contribution < -0.4 is 5.32 Å². The lowest BCUT2D eigenvalue weighted by molar-refractivity contribution is 0.467. The van der Waals surface area contributed by atoms with Gasteiger partial charge in [0.05, 0.1) is 0 Å². The summed E-state index contributed by atoms with van der Waals surface area (Å²) in [5.41, 5.74) is 3.32. The van der Waals surface area contributed by atoms with Crippen molar-refractivity contribution >= 4 is 17.4 Å². The van der Waals surface area contributed by atoms with E-state index in [4.69, 9.17) is 0 Å². The van der Waals surface area contributed by atoms with Crippen LogP contribution in [0.5, 0.6) is 5.75 Å². The zero-order chi connectivity index (χ0) is 15.5. The first-order valence-corrected chi connectivity index (χ1v) is 8.33. The van der Waals surface area contributed by atoms with Gasteiger partial charge < -0.3 is 10.4 Å². The van der Waals surface area contributed by atoms with Crippen LogP contribution in [0.15, 0.2) is 47.4 Å². The highest BCUT2D eigenvalue weighted by Gasteiger charge is 2.15. The molecule has 0 unspecified atom stereocenters. The smallest absolute Gasteiger partial charge is 0.120 e. The number of hydrogen-bond acceptors (Lipinski definition) is 3. The third kappa shape index (κ3) is 4.18. The first kappa shape index (κ1) is 15.8. The number of benzene rings is 2. The Balaban J connectivity index is 2.15. The largest absolute Gasteiger partial charge is 0.508 e. The Hall–Kier alpha value is -1.61. The third-order valence-electron chi connectivity index (χ3n) is 3.50. The molecule has 21 heavy (non-hydrogen) atoms. The minimum atomic E-state index is 0.0845. The van der Waals surface area contributed by atoms with Gasteiger partial charge in [0.1, 0.15) is 5.75 Å². The molecule has 0 aliphatic rings. The van der Waals surface area contributed by atoms with Gasteiger partial charge in [-0.1, -0.05) is 32.9 Å². The van der Waals surface area contributed by atoms with Crippen molar-refractivity contribution in [2.24, 2.45) is 0 Å². The van der Waals surface area contributed by atoms with E-state index < -0.39 is 0 Å². The Kier molecular flexibility index (Phi) is 4.84. The van der Waals surface area contributed by atoms with E-state index in [9.17, 15) is 5.11 Å². The normalized spacial score (nSPS) is 11.4. The summed E-state index contributed by atoms with van der Waals surface area (Å²) in [7, 11) is 0. The Labute approximate surface area is 131 Å². The maximum absolute atomic E-state index is 10.0. The number of anilines is 1. The Morgan fingerprint density at radius 3 is 2.52 bits per heavy atom. The second-order valence-electron chi connectivity index (χ2n) is 6.18. The van der Waals surface area contributed by atoms with Gasteiger partial charge in [-0.2, -0.15) is 0 Å². The van der Waals surface area contributed by atoms with Gasteiger partial charge in [0.15, 0.2) is 0 Å². The zero-order valence-electron chi connectivity index (χ0n) is 13.1. The number of nitrogens with one attached hydrogen (secondary N) is 1. The summed E-state index contributed by atoms with van der Waals surface area (Å²) in [4.78, 5) is 1.23. The lowest BCUT2D eigenvalue weighted by Gasteiger charge is -2.20. The molecule has 0 fully saturated rings. The van der Waals surface area contributed by atoms with Gasteiger partial charge in [0, 0.05) is 22.7 Å². The number of rotatable bonds is 4. The lowest BCUT2D eigenvalue weighted by atomic mass is 9.86. The summed E-state index contributed by atoms with van der Waals surface area (Å²) >= 11 is 1.72. The molecule has 0 aliphatic heterocycles. The minimum absolute atomic E-state index is 0.0845. The summed E-state index contributed by atoms with van der Waals surface area (Å²) < 4.78 is 0. The molecule has 0 saturated heterocycles. The topological polar surface area (TPSA) is 32.3 Å². The SMILES string of the molecule is CSc1cccc(NCc2cc(C(C)(C)C)ccc2O)c1. The van der Waals surface area contributed by atoms with Crippen LogP contribution in [-0.4, -0.2) is 11.4 Å². The lowest BCUT2D eigenvalue weighted by Crippen LogP contribution is -2.12. The molecule has 0 radical (unpaired) electrons. The Morgan fingerprint density at radius 1 is 1.10 bits per heavy atom. The van der Waals surface area contributed by atoms with Gasteiger partial charge >= 0.3 is 0 Å². The number of hydrogen-bond donors (Lipinski definition) is 2. The van der Waals surface area contributed by atoms with Crippen LogP contribution in [0.3, 0.4) is 0 Å². The highest BCUT2D eigenvalue weighted by molar-refractivity contribution is 7.98. The van der Waals surface area contributed by atoms with Crippen molar-refractivity contribution in [1.82, 2.24) is 0 Å². The van der Waals surface area contributed by atoms with E-state index in [1.807, 2.05) is 18.2 Å². The van der Waals surface area contributed by atoms with Crippen LogP contribution in [0.1, 0.15) is 31.9 Å². The highest BCUT2D eigenvalue weighted by Crippen LogP contribution is 2.28. The summed E-state index contributed by atoms with van der Waals surface area (Å²) in [6, 6.07) is 14.2. The summed E-state index contributed by atoms with van der Waals surface area (Å²) in [6.45, 7) is 7.16. The van der Waals surface area contributed by atoms with Crippen LogP contribution in [0.25, 0.3) is 0 Å². The average Bonchev–Trinajstić information content (AvgIpc) is 2.45. The fourth-order valence-electron chi connectivity index (χ4n) is 2.12. The maximum Gasteiger partial charge on any atom is 0.120 e. The van der Waals surface area contributed by atoms with Gasteiger partial charge in [-0.25, -0.2) is 0 Å². The van der Waals surface area contributed by atoms with Crippen molar-refractivity contribution in [3.05, 3.63) is 53.6 Å². The molecule has 2 aromatic carbocycles. The van der Waals surface area contributed by atoms with E-state index in [-0.39, 0.29) is 5.41 Å². The molecule has 112 valence electrons. The van der Waals surface area contributed by atoms with Crippen LogP contribution in [0.2, 0.25) is 0 Å². The molecular formula is C18H23NOS. The molecule has 3 heteroatoms. The molecule has 0 bridgehead atoms. The molecule has 0 heterocycles. The van der Waals surface area contributed by atoms with E-state index in [2.05, 4.69) is 50.5 Å². The fraction of sp³-hybridized carbons (Fsp3) is 0.333. The molecular weight excluding hydrogens is 278 g/mol. The van der Waals surface area contributed by atoms with Gasteiger partial charge in [0.2, 0.25) is 0 Å². The van der Waals surface area contributed by atoms with Gasteiger partial charge in [-0.3, -0.25) is 0 Å². The van der Waals surface area contributed by atoms with Gasteiger partial charge in [-0.15, -0.1) is 11.8 Å². The average molecular weight is 301 g/mol. The van der Waals surface area contributed by atoms with Crippen molar-refractivity contribution < 1.29 is 5.11 Å². The Morgan fingerprint density at radius 2 is 1.86 bits per heavy atom. The first-order valence-electron chi connectivity index (χ1n) is 7.10. The number of phenols is 1. The number of thioether (sulfide) groups is 1. The van der Waals surface area contributed by atoms with Crippen LogP contribution >= 0.6 is 11.8 Å². The number of phenolic OH excluding ortho intramolecular Hbond substituents is 1. The molecule has 0 amide bonds. The van der Waals surface area contributed by atoms with Crippen LogP contribution in [0.4, 0.5) is 5.69 Å². The van der Waals surface area contributed by atoms with Crippen molar-refractivity contribution in [2.45, 2.75) is 37.6 Å². The van der Waals surface area contributed by atoms with E-state index in [1.165, 1.54) is 10.5 Å². The maximum atomic E-state index is 10.0. The molecule has 2 N–H and O–H groups in total. The van der Waals surface area contributed by atoms with Crippen molar-refractivity contribution in [3.8, 4) is 5.75 Å². The Bertz CT molecular complexity index is 617. The zero-order valence-corrected chi connectivity index (χ0v) is 13.9. The first-order chi connectivity index (χ1) is 9.90. The van der Waals surface area contributed by atoms with Gasteiger partial charge in [0.25, 0.3) is 0 Å². The van der Waals surface area contributed by atoms with Crippen LogP contribution in [-0.2, 0) is 12.0 Å². The second-order valence-corrected chi connectivity index (χ2v) is 7.06. The predicted molar refractivity (Wildman–Crippen MR) is 92.4 cm³/mol. The van der Waals surface area contributed by atoms with E-state index >= 15 is 0 Å². The summed E-state index contributed by atoms with van der Waals surface area (Å²) in [5, 5.41) is 13.4. The third-order valence-corrected chi connectivity index (χ3v) is 4.22. The predicted octanol–water partition coefficient (Wildman–Crippen LogP) is 5.02. The summed E-state index contributed by atoms with van der Waals surface area (Å²) in [6.07, 6.45) is 2.07. The summed E-state index contributed by atoms with van der Waals surface area (Å²) in [5.74, 6) is 0.344. The van der Waals surface area contributed by atoms with Crippen molar-refractivity contribution in [3.63, 3.8) is 0 Å². The quantitative estimate of drug-likeness (QED) is 0.777. The highest BCUT2D eigenvalue weighted by atomic mass is 32.2. The van der Waals surface area contributed by atoms with Crippen molar-refractivity contribution in [1.29, 1.82) is 0 Å². The van der Waals surface area contributed by atoms with Crippen molar-refractivity contribution in [2.75, 3.05) is 11.6 Å². The van der Waals surface area contributed by atoms with E-state index in [0.29, 0.717) is 12.3 Å². The molecule has 2 rings (SSSR count). The molecule has 2 nitrogen and oxygen atoms in total. The van der Waals surface area contributed by atoms with Crippen LogP contribution in [0, 0.1) is 0 Å².